The molecule has 0 saturated heterocycles. The number of rotatable bonds is 9. The van der Waals surface area contributed by atoms with Crippen molar-refractivity contribution >= 4 is 17.9 Å². The third-order valence-corrected chi connectivity index (χ3v) is 8.36. The third kappa shape index (κ3) is 7.10. The van der Waals surface area contributed by atoms with Gasteiger partial charge in [-0.2, -0.15) is 5.10 Å². The van der Waals surface area contributed by atoms with Crippen LogP contribution in [0, 0.1) is 6.92 Å². The van der Waals surface area contributed by atoms with Crippen molar-refractivity contribution < 1.29 is 9.59 Å². The van der Waals surface area contributed by atoms with Gasteiger partial charge in [0, 0.05) is 50.9 Å². The van der Waals surface area contributed by atoms with Gasteiger partial charge in [-0.1, -0.05) is 84.9 Å². The second-order valence-electron chi connectivity index (χ2n) is 11.5. The first-order valence-corrected chi connectivity index (χ1v) is 15.3. The van der Waals surface area contributed by atoms with Crippen LogP contribution in [0.3, 0.4) is 0 Å². The number of nitrogens with zero attached hydrogens (tertiary/aromatic N) is 5. The Balaban J connectivity index is 1.35. The molecule has 0 saturated carbocycles. The molecule has 0 N–H and O–H groups in total. The van der Waals surface area contributed by atoms with Crippen LogP contribution in [-0.4, -0.2) is 49.0 Å². The summed E-state index contributed by atoms with van der Waals surface area (Å²) in [6.07, 6.45) is 6.32. The quantitative estimate of drug-likeness (QED) is 0.195. The number of carbonyl (C=O) groups excluding carboxylic acids is 2. The van der Waals surface area contributed by atoms with Crippen LogP contribution in [0.2, 0.25) is 0 Å². The van der Waals surface area contributed by atoms with Crippen LogP contribution in [0.4, 0.5) is 0 Å². The van der Waals surface area contributed by atoms with E-state index in [1.54, 1.807) is 27.9 Å². The highest BCUT2D eigenvalue weighted by Gasteiger charge is 2.34. The van der Waals surface area contributed by atoms with Gasteiger partial charge in [-0.25, -0.2) is 0 Å². The summed E-state index contributed by atoms with van der Waals surface area (Å²) in [6, 6.07) is 33.4. The highest BCUT2D eigenvalue weighted by atomic mass is 16.2. The van der Waals surface area contributed by atoms with E-state index in [1.165, 1.54) is 5.56 Å². The predicted molar refractivity (Wildman–Crippen MR) is 177 cm³/mol. The number of amides is 2. The van der Waals surface area contributed by atoms with Gasteiger partial charge in [-0.3, -0.25) is 19.3 Å². The average molecular weight is 596 g/mol. The molecule has 5 aromatic rings. The monoisotopic (exact) mass is 595 g/mol. The largest absolute Gasteiger partial charge is 0.336 e. The number of aromatic nitrogens is 3. The number of benzene rings is 3. The molecule has 7 heteroatoms. The predicted octanol–water partition coefficient (Wildman–Crippen LogP) is 6.03. The van der Waals surface area contributed by atoms with E-state index < -0.39 is 6.04 Å². The van der Waals surface area contributed by atoms with Crippen molar-refractivity contribution in [2.45, 2.75) is 38.9 Å². The molecule has 45 heavy (non-hydrogen) atoms. The molecule has 3 aromatic carbocycles. The van der Waals surface area contributed by atoms with E-state index >= 15 is 0 Å². The first-order chi connectivity index (χ1) is 21.9. The van der Waals surface area contributed by atoms with E-state index in [2.05, 4.69) is 22.2 Å². The lowest BCUT2D eigenvalue weighted by Crippen LogP contribution is -2.52. The Morgan fingerprint density at radius 2 is 1.62 bits per heavy atom. The minimum Gasteiger partial charge on any atom is -0.336 e. The van der Waals surface area contributed by atoms with Gasteiger partial charge in [-0.05, 0) is 59.9 Å². The van der Waals surface area contributed by atoms with Gasteiger partial charge in [0.05, 0.1) is 17.1 Å². The maximum atomic E-state index is 14.5. The maximum absolute atomic E-state index is 14.5. The van der Waals surface area contributed by atoms with Crippen LogP contribution >= 0.6 is 0 Å². The van der Waals surface area contributed by atoms with Gasteiger partial charge in [-0.15, -0.1) is 0 Å². The molecule has 1 atom stereocenters. The van der Waals surface area contributed by atoms with Gasteiger partial charge in [0.15, 0.2) is 0 Å². The summed E-state index contributed by atoms with van der Waals surface area (Å²) in [5, 5.41) is 4.41. The Morgan fingerprint density at radius 1 is 0.889 bits per heavy atom. The van der Waals surface area contributed by atoms with Gasteiger partial charge < -0.3 is 9.80 Å². The smallest absolute Gasteiger partial charge is 0.247 e. The first kappa shape index (κ1) is 29.8. The molecule has 3 heterocycles. The molecule has 0 radical (unpaired) electrons. The summed E-state index contributed by atoms with van der Waals surface area (Å²) in [5.74, 6) is -0.272. The third-order valence-electron chi connectivity index (χ3n) is 8.36. The fourth-order valence-electron chi connectivity index (χ4n) is 5.95. The molecule has 2 aromatic heterocycles. The SMILES string of the molecule is Cc1cc(/C=C/C(=O)N(Cc2ccc(-c3ccccn3)cc2)[C@@H](Cc2ccccc2)C(=O)N2CCc3ccccc3C2)n(C)n1. The summed E-state index contributed by atoms with van der Waals surface area (Å²) in [6.45, 7) is 3.35. The lowest BCUT2D eigenvalue weighted by molar-refractivity contribution is -0.144. The van der Waals surface area contributed by atoms with Crippen LogP contribution in [-0.2, 0) is 42.6 Å². The molecular formula is C38H37N5O2. The number of aryl methyl sites for hydroxylation is 2. The fraction of sp³-hybridized carbons (Fsp3) is 0.211. The van der Waals surface area contributed by atoms with Gasteiger partial charge in [0.2, 0.25) is 11.8 Å². The van der Waals surface area contributed by atoms with Crippen LogP contribution in [0.15, 0.2) is 115 Å². The normalized spacial score (nSPS) is 13.4. The molecule has 0 bridgehead atoms. The molecule has 7 nitrogen and oxygen atoms in total. The standard InChI is InChI=1S/C38H37N5O2/c1-28-24-34(41(2)40-28)19-20-37(44)43(26-30-15-17-32(18-16-30)35-14-8-9-22-39-35)36(25-29-10-4-3-5-11-29)38(45)42-23-21-31-12-6-7-13-33(31)27-42/h3-20,22,24,36H,21,23,25-27H2,1-2H3/b20-19+/t36-/m0/s1. The molecule has 0 unspecified atom stereocenters. The molecule has 226 valence electrons. The van der Waals surface area contributed by atoms with E-state index in [1.807, 2.05) is 110 Å². The van der Waals surface area contributed by atoms with E-state index in [0.29, 0.717) is 19.5 Å². The van der Waals surface area contributed by atoms with Crippen molar-refractivity contribution in [3.63, 3.8) is 0 Å². The molecule has 1 aliphatic rings. The molecule has 0 fully saturated rings. The van der Waals surface area contributed by atoms with Crippen LogP contribution < -0.4 is 0 Å². The molecule has 0 spiro atoms. The number of hydrogen-bond acceptors (Lipinski definition) is 4. The van der Waals surface area contributed by atoms with E-state index in [-0.39, 0.29) is 18.4 Å². The molecule has 1 aliphatic heterocycles. The zero-order chi connectivity index (χ0) is 31.2. The van der Waals surface area contributed by atoms with E-state index in [4.69, 9.17) is 0 Å². The number of carbonyl (C=O) groups is 2. The van der Waals surface area contributed by atoms with E-state index in [0.717, 1.165) is 45.8 Å². The number of hydrogen-bond donors (Lipinski definition) is 0. The summed E-state index contributed by atoms with van der Waals surface area (Å²) < 4.78 is 1.75. The molecule has 0 aliphatic carbocycles. The highest BCUT2D eigenvalue weighted by Crippen LogP contribution is 2.24. The Bertz CT molecular complexity index is 1800. The second kappa shape index (κ2) is 13.6. The van der Waals surface area contributed by atoms with E-state index in [9.17, 15) is 9.59 Å². The highest BCUT2D eigenvalue weighted by molar-refractivity contribution is 5.95. The summed E-state index contributed by atoms with van der Waals surface area (Å²) in [4.78, 5) is 36.8. The van der Waals surface area contributed by atoms with Gasteiger partial charge in [0.1, 0.15) is 6.04 Å². The summed E-state index contributed by atoms with van der Waals surface area (Å²) >= 11 is 0. The zero-order valence-corrected chi connectivity index (χ0v) is 25.7. The van der Waals surface area contributed by atoms with Gasteiger partial charge >= 0.3 is 0 Å². The number of pyridine rings is 1. The Kier molecular flexibility index (Phi) is 8.96. The fourth-order valence-corrected chi connectivity index (χ4v) is 5.95. The van der Waals surface area contributed by atoms with Crippen LogP contribution in [0.25, 0.3) is 17.3 Å². The average Bonchev–Trinajstić information content (AvgIpc) is 3.41. The number of fused-ring (bicyclic) bond motifs is 1. The van der Waals surface area contributed by atoms with Crippen molar-refractivity contribution in [3.05, 3.63) is 149 Å². The zero-order valence-electron chi connectivity index (χ0n) is 25.7. The molecular weight excluding hydrogens is 558 g/mol. The Labute approximate surface area is 264 Å². The summed E-state index contributed by atoms with van der Waals surface area (Å²) in [7, 11) is 1.86. The van der Waals surface area contributed by atoms with Crippen molar-refractivity contribution in [3.8, 4) is 11.3 Å². The summed E-state index contributed by atoms with van der Waals surface area (Å²) in [5.41, 5.74) is 7.93. The topological polar surface area (TPSA) is 71.3 Å². The minimum absolute atomic E-state index is 0.0448. The lowest BCUT2D eigenvalue weighted by Gasteiger charge is -2.37. The minimum atomic E-state index is -0.696. The maximum Gasteiger partial charge on any atom is 0.247 e. The van der Waals surface area contributed by atoms with Crippen molar-refractivity contribution in [1.29, 1.82) is 0 Å². The van der Waals surface area contributed by atoms with Crippen molar-refractivity contribution in [1.82, 2.24) is 24.6 Å². The van der Waals surface area contributed by atoms with Crippen molar-refractivity contribution in [2.24, 2.45) is 7.05 Å². The van der Waals surface area contributed by atoms with Crippen LogP contribution in [0.1, 0.15) is 33.6 Å². The molecule has 2 amide bonds. The Morgan fingerprint density at radius 3 is 2.33 bits per heavy atom. The lowest BCUT2D eigenvalue weighted by atomic mass is 9.97. The second-order valence-corrected chi connectivity index (χ2v) is 11.5. The first-order valence-electron chi connectivity index (χ1n) is 15.3. The Hall–Kier alpha value is -5.30. The van der Waals surface area contributed by atoms with Gasteiger partial charge in [0.25, 0.3) is 0 Å². The van der Waals surface area contributed by atoms with Crippen LogP contribution in [0.5, 0.6) is 0 Å². The molecule has 6 rings (SSSR count). The van der Waals surface area contributed by atoms with Crippen molar-refractivity contribution in [2.75, 3.05) is 6.54 Å².